The number of hydrogen-bond acceptors (Lipinski definition) is 2. The molecule has 0 heterocycles. The molecule has 0 aliphatic heterocycles. The Hall–Kier alpha value is -0.570. The van der Waals surface area contributed by atoms with Crippen LogP contribution in [0.25, 0.3) is 0 Å². The first-order valence-corrected chi connectivity index (χ1v) is 3.57. The summed E-state index contributed by atoms with van der Waals surface area (Å²) in [5.74, 6) is 0.108. The number of carbonyl (C=O) groups excluding carboxylic acids is 1. The van der Waals surface area contributed by atoms with Crippen molar-refractivity contribution < 1.29 is 9.90 Å². The highest BCUT2D eigenvalue weighted by Crippen LogP contribution is 1.93. The van der Waals surface area contributed by atoms with Crippen molar-refractivity contribution >= 4 is 5.91 Å². The molecule has 0 spiro atoms. The minimum atomic E-state index is 0.100. The highest BCUT2D eigenvalue weighted by molar-refractivity contribution is 5.75. The molecule has 0 aliphatic rings. The Kier molecular flexibility index (Phi) is 4.94. The first-order chi connectivity index (χ1) is 4.72. The minimum Gasteiger partial charge on any atom is -0.396 e. The summed E-state index contributed by atoms with van der Waals surface area (Å²) in [6.07, 6.45) is 1.03. The SMILES string of the molecule is CCN(C)C(=O)CCCO. The van der Waals surface area contributed by atoms with E-state index in [1.54, 1.807) is 11.9 Å². The van der Waals surface area contributed by atoms with E-state index in [2.05, 4.69) is 0 Å². The summed E-state index contributed by atoms with van der Waals surface area (Å²) in [6, 6.07) is 0. The monoisotopic (exact) mass is 145 g/mol. The summed E-state index contributed by atoms with van der Waals surface area (Å²) in [7, 11) is 1.76. The average molecular weight is 145 g/mol. The van der Waals surface area contributed by atoms with Crippen molar-refractivity contribution in [1.29, 1.82) is 0 Å². The zero-order valence-corrected chi connectivity index (χ0v) is 6.63. The summed E-state index contributed by atoms with van der Waals surface area (Å²) in [5.41, 5.74) is 0. The molecule has 1 amide bonds. The number of amides is 1. The van der Waals surface area contributed by atoms with Gasteiger partial charge in [0.2, 0.25) is 5.91 Å². The van der Waals surface area contributed by atoms with Gasteiger partial charge in [0.05, 0.1) is 0 Å². The van der Waals surface area contributed by atoms with Crippen LogP contribution < -0.4 is 0 Å². The van der Waals surface area contributed by atoms with Gasteiger partial charge in [0.1, 0.15) is 0 Å². The van der Waals surface area contributed by atoms with Crippen molar-refractivity contribution in [3.63, 3.8) is 0 Å². The van der Waals surface area contributed by atoms with Crippen LogP contribution in [0.5, 0.6) is 0 Å². The molecule has 10 heavy (non-hydrogen) atoms. The number of aliphatic hydroxyl groups is 1. The zero-order valence-electron chi connectivity index (χ0n) is 6.63. The summed E-state index contributed by atoms with van der Waals surface area (Å²) in [4.78, 5) is 12.6. The number of nitrogens with zero attached hydrogens (tertiary/aromatic N) is 1. The van der Waals surface area contributed by atoms with Gasteiger partial charge in [-0.2, -0.15) is 0 Å². The first-order valence-electron chi connectivity index (χ1n) is 3.57. The topological polar surface area (TPSA) is 40.5 Å². The predicted octanol–water partition coefficient (Wildman–Crippen LogP) is 0.237. The zero-order chi connectivity index (χ0) is 7.98. The molecule has 0 bridgehead atoms. The van der Waals surface area contributed by atoms with E-state index >= 15 is 0 Å². The smallest absolute Gasteiger partial charge is 0.222 e. The van der Waals surface area contributed by atoms with E-state index in [1.165, 1.54) is 0 Å². The van der Waals surface area contributed by atoms with E-state index in [0.29, 0.717) is 12.8 Å². The molecule has 0 radical (unpaired) electrons. The van der Waals surface area contributed by atoms with E-state index in [1.807, 2.05) is 6.92 Å². The molecule has 0 rings (SSSR count). The quantitative estimate of drug-likeness (QED) is 0.615. The average Bonchev–Trinajstić information content (AvgIpc) is 1.98. The van der Waals surface area contributed by atoms with Crippen LogP contribution in [0, 0.1) is 0 Å². The second-order valence-corrected chi connectivity index (χ2v) is 2.24. The van der Waals surface area contributed by atoms with E-state index in [0.717, 1.165) is 6.54 Å². The fraction of sp³-hybridized carbons (Fsp3) is 0.857. The van der Waals surface area contributed by atoms with Crippen LogP contribution in [0.15, 0.2) is 0 Å². The fourth-order valence-corrected chi connectivity index (χ4v) is 0.597. The highest BCUT2D eigenvalue weighted by Gasteiger charge is 2.03. The Balaban J connectivity index is 3.42. The van der Waals surface area contributed by atoms with Gasteiger partial charge in [-0.25, -0.2) is 0 Å². The lowest BCUT2D eigenvalue weighted by Crippen LogP contribution is -2.25. The van der Waals surface area contributed by atoms with Crippen LogP contribution in [-0.4, -0.2) is 36.1 Å². The van der Waals surface area contributed by atoms with Crippen molar-refractivity contribution in [2.24, 2.45) is 0 Å². The Labute approximate surface area is 61.6 Å². The third-order valence-electron chi connectivity index (χ3n) is 1.45. The maximum Gasteiger partial charge on any atom is 0.222 e. The van der Waals surface area contributed by atoms with Crippen LogP contribution in [0.2, 0.25) is 0 Å². The normalized spacial score (nSPS) is 9.50. The van der Waals surface area contributed by atoms with Gasteiger partial charge in [0.25, 0.3) is 0 Å². The van der Waals surface area contributed by atoms with Crippen LogP contribution in [0.3, 0.4) is 0 Å². The molecular weight excluding hydrogens is 130 g/mol. The summed E-state index contributed by atoms with van der Waals surface area (Å²) >= 11 is 0. The maximum absolute atomic E-state index is 10.9. The molecule has 0 unspecified atom stereocenters. The predicted molar refractivity (Wildman–Crippen MR) is 39.6 cm³/mol. The fourth-order valence-electron chi connectivity index (χ4n) is 0.597. The molecule has 1 N–H and O–H groups in total. The van der Waals surface area contributed by atoms with Crippen molar-refractivity contribution in [2.75, 3.05) is 20.2 Å². The molecule has 3 heteroatoms. The molecule has 60 valence electrons. The molecule has 0 saturated carbocycles. The van der Waals surface area contributed by atoms with Crippen molar-refractivity contribution in [3.8, 4) is 0 Å². The number of rotatable bonds is 4. The molecule has 0 atom stereocenters. The number of carbonyl (C=O) groups is 1. The largest absolute Gasteiger partial charge is 0.396 e. The summed E-state index contributed by atoms with van der Waals surface area (Å²) in [5, 5.41) is 8.40. The molecule has 0 saturated heterocycles. The third-order valence-corrected chi connectivity index (χ3v) is 1.45. The van der Waals surface area contributed by atoms with Crippen molar-refractivity contribution in [2.45, 2.75) is 19.8 Å². The summed E-state index contributed by atoms with van der Waals surface area (Å²) in [6.45, 7) is 2.77. The molecule has 0 aliphatic carbocycles. The lowest BCUT2D eigenvalue weighted by Gasteiger charge is -2.13. The van der Waals surface area contributed by atoms with E-state index in [-0.39, 0.29) is 12.5 Å². The van der Waals surface area contributed by atoms with E-state index in [4.69, 9.17) is 5.11 Å². The van der Waals surface area contributed by atoms with Crippen molar-refractivity contribution in [3.05, 3.63) is 0 Å². The standard InChI is InChI=1S/C7H15NO2/c1-3-8(2)7(10)5-4-6-9/h9H,3-6H2,1-2H3. The van der Waals surface area contributed by atoms with Crippen LogP contribution in [0.4, 0.5) is 0 Å². The molecule has 0 aromatic heterocycles. The van der Waals surface area contributed by atoms with Gasteiger partial charge in [-0.15, -0.1) is 0 Å². The minimum absolute atomic E-state index is 0.100. The van der Waals surface area contributed by atoms with Gasteiger partial charge >= 0.3 is 0 Å². The van der Waals surface area contributed by atoms with Crippen molar-refractivity contribution in [1.82, 2.24) is 4.90 Å². The van der Waals surface area contributed by atoms with Crippen LogP contribution >= 0.6 is 0 Å². The van der Waals surface area contributed by atoms with Gasteiger partial charge < -0.3 is 10.0 Å². The van der Waals surface area contributed by atoms with E-state index in [9.17, 15) is 4.79 Å². The second kappa shape index (κ2) is 5.23. The first kappa shape index (κ1) is 9.43. The molecule has 0 aromatic carbocycles. The number of hydrogen-bond donors (Lipinski definition) is 1. The van der Waals surface area contributed by atoms with Crippen LogP contribution in [-0.2, 0) is 4.79 Å². The van der Waals surface area contributed by atoms with Gasteiger partial charge in [-0.05, 0) is 13.3 Å². The molecular formula is C7H15NO2. The molecule has 3 nitrogen and oxygen atoms in total. The second-order valence-electron chi connectivity index (χ2n) is 2.24. The Morgan fingerprint density at radius 1 is 1.60 bits per heavy atom. The van der Waals surface area contributed by atoms with Gasteiger partial charge in [0, 0.05) is 26.6 Å². The van der Waals surface area contributed by atoms with Crippen LogP contribution in [0.1, 0.15) is 19.8 Å². The number of aliphatic hydroxyl groups excluding tert-OH is 1. The molecule has 0 aromatic rings. The third kappa shape index (κ3) is 3.45. The lowest BCUT2D eigenvalue weighted by atomic mass is 10.3. The highest BCUT2D eigenvalue weighted by atomic mass is 16.3. The lowest BCUT2D eigenvalue weighted by molar-refractivity contribution is -0.129. The summed E-state index contributed by atoms with van der Waals surface area (Å²) < 4.78 is 0. The Bertz CT molecular complexity index is 104. The van der Waals surface area contributed by atoms with E-state index < -0.39 is 0 Å². The van der Waals surface area contributed by atoms with Gasteiger partial charge in [-0.3, -0.25) is 4.79 Å². The molecule has 0 fully saturated rings. The van der Waals surface area contributed by atoms with Gasteiger partial charge in [-0.1, -0.05) is 0 Å². The Morgan fingerprint density at radius 2 is 2.20 bits per heavy atom. The van der Waals surface area contributed by atoms with Gasteiger partial charge in [0.15, 0.2) is 0 Å². The maximum atomic E-state index is 10.9. The Morgan fingerprint density at radius 3 is 2.60 bits per heavy atom.